The van der Waals surface area contributed by atoms with E-state index < -0.39 is 16.4 Å². The topological polar surface area (TPSA) is 98.7 Å². The van der Waals surface area contributed by atoms with Crippen LogP contribution in [0.25, 0.3) is 0 Å². The van der Waals surface area contributed by atoms with E-state index in [1.54, 1.807) is 24.1 Å². The molecule has 1 aromatic carbocycles. The molecule has 3 aliphatic heterocycles. The number of aliphatic hydroxyl groups is 1. The number of hydrogen-bond acceptors (Lipinski definition) is 7. The largest absolute Gasteiger partial charge is 0.385 e. The molecule has 0 aliphatic carbocycles. The van der Waals surface area contributed by atoms with Crippen LogP contribution in [0.15, 0.2) is 29.2 Å². The van der Waals surface area contributed by atoms with E-state index >= 15 is 0 Å². The quantitative estimate of drug-likeness (QED) is 0.680. The summed E-state index contributed by atoms with van der Waals surface area (Å²) in [7, 11) is 0.686. The van der Waals surface area contributed by atoms with Crippen LogP contribution < -0.4 is 10.2 Å². The van der Waals surface area contributed by atoms with Gasteiger partial charge in [0.2, 0.25) is 11.9 Å². The molecule has 0 bridgehead atoms. The van der Waals surface area contributed by atoms with Crippen molar-refractivity contribution in [3.05, 3.63) is 40.5 Å². The summed E-state index contributed by atoms with van der Waals surface area (Å²) in [6.07, 6.45) is 2.99. The van der Waals surface area contributed by atoms with Crippen molar-refractivity contribution in [2.45, 2.75) is 48.6 Å². The molecule has 0 spiro atoms. The van der Waals surface area contributed by atoms with E-state index in [9.17, 15) is 14.1 Å². The first kappa shape index (κ1) is 22.6. The fraction of sp³-hybridized carbons (Fsp3) is 0.522. The second-order valence-corrected chi connectivity index (χ2v) is 11.1. The summed E-state index contributed by atoms with van der Waals surface area (Å²) in [5.41, 5.74) is 0.800. The van der Waals surface area contributed by atoms with Crippen molar-refractivity contribution in [2.75, 3.05) is 42.7 Å². The Kier molecular flexibility index (Phi) is 6.05. The normalized spacial score (nSPS) is 24.6. The number of nitrogens with one attached hydrogen (secondary N) is 1. The third-order valence-corrected chi connectivity index (χ3v) is 8.61. The Morgan fingerprint density at radius 2 is 1.91 bits per heavy atom. The Morgan fingerprint density at radius 3 is 2.61 bits per heavy atom. The number of aromatic nitrogens is 2. The number of amides is 1. The first-order chi connectivity index (χ1) is 15.8. The Bertz CT molecular complexity index is 1090. The number of piperidine rings is 2. The minimum Gasteiger partial charge on any atom is -0.385 e. The van der Waals surface area contributed by atoms with Gasteiger partial charge in [-0.1, -0.05) is 23.7 Å². The van der Waals surface area contributed by atoms with Crippen LogP contribution in [-0.4, -0.2) is 68.6 Å². The molecular weight excluding hydrogens is 462 g/mol. The van der Waals surface area contributed by atoms with E-state index in [1.165, 1.54) is 0 Å². The smallest absolute Gasteiger partial charge is 0.227 e. The van der Waals surface area contributed by atoms with Crippen molar-refractivity contribution in [3.63, 3.8) is 0 Å². The second kappa shape index (κ2) is 8.85. The highest BCUT2D eigenvalue weighted by Gasteiger charge is 2.36. The third-order valence-electron chi connectivity index (χ3n) is 6.90. The predicted octanol–water partition coefficient (Wildman–Crippen LogP) is 2.31. The zero-order valence-electron chi connectivity index (χ0n) is 18.6. The van der Waals surface area contributed by atoms with Crippen molar-refractivity contribution in [1.29, 1.82) is 0 Å². The lowest BCUT2D eigenvalue weighted by Gasteiger charge is -2.39. The number of nitrogens with zero attached hydrogens (tertiary/aromatic N) is 4. The highest BCUT2D eigenvalue weighted by atomic mass is 35.5. The molecule has 10 heteroatoms. The summed E-state index contributed by atoms with van der Waals surface area (Å²) >= 11 is 6.00. The Balaban J connectivity index is 1.36. The van der Waals surface area contributed by atoms with E-state index in [4.69, 9.17) is 21.6 Å². The molecule has 1 aromatic heterocycles. The molecule has 0 radical (unpaired) electrons. The minimum absolute atomic E-state index is 0.0634. The molecule has 2 fully saturated rings. The van der Waals surface area contributed by atoms with E-state index in [0.29, 0.717) is 72.8 Å². The van der Waals surface area contributed by atoms with Gasteiger partial charge in [0.1, 0.15) is 10.7 Å². The summed E-state index contributed by atoms with van der Waals surface area (Å²) in [6.45, 7) is 1.82. The lowest BCUT2D eigenvalue weighted by molar-refractivity contribution is -0.132. The molecule has 33 heavy (non-hydrogen) atoms. The van der Waals surface area contributed by atoms with Crippen molar-refractivity contribution >= 4 is 40.1 Å². The maximum atomic E-state index is 12.7. The average Bonchev–Trinajstić information content (AvgIpc) is 3.18. The van der Waals surface area contributed by atoms with Gasteiger partial charge >= 0.3 is 0 Å². The number of carbonyl (C=O) groups excluding carboxylic acids is 1. The lowest BCUT2D eigenvalue weighted by Crippen LogP contribution is -2.44. The molecule has 3 aliphatic rings. The van der Waals surface area contributed by atoms with Gasteiger partial charge in [-0.15, -0.1) is 0 Å². The molecule has 2 N–H and O–H groups in total. The summed E-state index contributed by atoms with van der Waals surface area (Å²) in [5, 5.41) is 15.3. The molecule has 176 valence electrons. The molecule has 8 nitrogen and oxygen atoms in total. The number of aryl methyl sites for hydroxylation is 1. The molecular formula is C23H28ClN5O3S. The van der Waals surface area contributed by atoms with Crippen LogP contribution >= 0.6 is 11.6 Å². The summed E-state index contributed by atoms with van der Waals surface area (Å²) in [4.78, 5) is 25.9. The van der Waals surface area contributed by atoms with Gasteiger partial charge < -0.3 is 20.2 Å². The number of benzene rings is 1. The third kappa shape index (κ3) is 4.46. The Labute approximate surface area is 200 Å². The highest BCUT2D eigenvalue weighted by Crippen LogP contribution is 2.36. The maximum Gasteiger partial charge on any atom is 0.227 e. The van der Waals surface area contributed by atoms with Gasteiger partial charge in [0.15, 0.2) is 0 Å². The predicted molar refractivity (Wildman–Crippen MR) is 128 cm³/mol. The van der Waals surface area contributed by atoms with Crippen molar-refractivity contribution in [2.24, 2.45) is 0 Å². The van der Waals surface area contributed by atoms with E-state index in [1.807, 2.05) is 12.1 Å². The van der Waals surface area contributed by atoms with E-state index in [-0.39, 0.29) is 11.9 Å². The second-order valence-electron chi connectivity index (χ2n) is 9.13. The number of carbonyl (C=O) groups is 1. The molecule has 1 amide bonds. The van der Waals surface area contributed by atoms with Crippen LogP contribution in [0.2, 0.25) is 5.02 Å². The number of hydrogen-bond donors (Lipinski definition) is 2. The van der Waals surface area contributed by atoms with E-state index in [0.717, 1.165) is 17.7 Å². The van der Waals surface area contributed by atoms with E-state index in [2.05, 4.69) is 10.2 Å². The fourth-order valence-electron chi connectivity index (χ4n) is 4.87. The molecule has 2 aromatic rings. The standard InChI is InChI=1S/C23H28ClN5O3S/c1-28-14-17(6-7-19(28)30)25-21-20-18(8-13-33(20)32)26-22(27-21)29-11-9-23(31,10-12-29)15-2-4-16(24)5-3-15/h2-5,17,31H,6-14H2,1H3,(H,25,26,27)/t17-,33?/m0/s1. The van der Waals surface area contributed by atoms with Gasteiger partial charge in [-0.2, -0.15) is 4.98 Å². The Hall–Kier alpha value is -2.23. The van der Waals surface area contributed by atoms with Crippen molar-refractivity contribution < 1.29 is 14.1 Å². The lowest BCUT2D eigenvalue weighted by atomic mass is 9.84. The number of halogens is 1. The summed E-state index contributed by atoms with van der Waals surface area (Å²) in [5.74, 6) is 1.93. The van der Waals surface area contributed by atoms with Gasteiger partial charge in [0, 0.05) is 56.3 Å². The van der Waals surface area contributed by atoms with Crippen LogP contribution in [-0.2, 0) is 27.6 Å². The number of fused-ring (bicyclic) bond motifs is 1. The average molecular weight is 490 g/mol. The van der Waals surface area contributed by atoms with Crippen molar-refractivity contribution in [1.82, 2.24) is 14.9 Å². The molecule has 2 atom stereocenters. The minimum atomic E-state index is -1.12. The fourth-order valence-corrected chi connectivity index (χ4v) is 6.31. The number of likely N-dealkylation sites (tertiary alicyclic amines) is 1. The molecule has 2 saturated heterocycles. The van der Waals surface area contributed by atoms with Crippen LogP contribution in [0.1, 0.15) is 36.9 Å². The number of likely N-dealkylation sites (N-methyl/N-ethyl adjacent to an activating group) is 1. The van der Waals surface area contributed by atoms with Crippen LogP contribution in [0.5, 0.6) is 0 Å². The molecule has 1 unspecified atom stereocenters. The van der Waals surface area contributed by atoms with Crippen molar-refractivity contribution in [3.8, 4) is 0 Å². The van der Waals surface area contributed by atoms with Gasteiger partial charge in [0.05, 0.1) is 22.1 Å². The highest BCUT2D eigenvalue weighted by molar-refractivity contribution is 7.85. The molecule has 5 rings (SSSR count). The van der Waals surface area contributed by atoms with Gasteiger partial charge in [-0.05, 0) is 37.0 Å². The first-order valence-electron chi connectivity index (χ1n) is 11.4. The van der Waals surface area contributed by atoms with Crippen LogP contribution in [0, 0.1) is 0 Å². The molecule has 4 heterocycles. The maximum absolute atomic E-state index is 12.7. The van der Waals surface area contributed by atoms with Gasteiger partial charge in [0.25, 0.3) is 0 Å². The monoisotopic (exact) mass is 489 g/mol. The zero-order chi connectivity index (χ0) is 23.2. The summed E-state index contributed by atoms with van der Waals surface area (Å²) < 4.78 is 12.7. The van der Waals surface area contributed by atoms with Gasteiger partial charge in [-0.25, -0.2) is 4.98 Å². The van der Waals surface area contributed by atoms with Crippen LogP contribution in [0.4, 0.5) is 11.8 Å². The Morgan fingerprint density at radius 1 is 1.18 bits per heavy atom. The summed E-state index contributed by atoms with van der Waals surface area (Å²) in [6, 6.07) is 7.44. The molecule has 0 saturated carbocycles. The number of rotatable bonds is 4. The number of anilines is 2. The first-order valence-corrected chi connectivity index (χ1v) is 13.1. The van der Waals surface area contributed by atoms with Gasteiger partial charge in [-0.3, -0.25) is 9.00 Å². The van der Waals surface area contributed by atoms with Crippen LogP contribution in [0.3, 0.4) is 0 Å². The zero-order valence-corrected chi connectivity index (χ0v) is 20.2. The SMILES string of the molecule is CN1C[C@@H](Nc2nc(N3CCC(O)(c4ccc(Cl)cc4)CC3)nc3c2S(=O)CC3)CCC1=O.